The predicted octanol–water partition coefficient (Wildman–Crippen LogP) is 4.76. The molecule has 1 fully saturated rings. The highest BCUT2D eigenvalue weighted by molar-refractivity contribution is 6.02. The fourth-order valence-electron chi connectivity index (χ4n) is 4.47. The summed E-state index contributed by atoms with van der Waals surface area (Å²) in [6, 6.07) is 23.9. The topological polar surface area (TPSA) is 78.2 Å². The summed E-state index contributed by atoms with van der Waals surface area (Å²) in [5.74, 6) is 0.588. The van der Waals surface area contributed by atoms with Gasteiger partial charge in [-0.25, -0.2) is 0 Å². The molecule has 1 saturated heterocycles. The van der Waals surface area contributed by atoms with Gasteiger partial charge >= 0.3 is 0 Å². The van der Waals surface area contributed by atoms with Gasteiger partial charge in [-0.05, 0) is 48.5 Å². The number of rotatable bonds is 6. The van der Waals surface area contributed by atoms with Crippen molar-refractivity contribution in [3.8, 4) is 22.4 Å². The van der Waals surface area contributed by atoms with Crippen LogP contribution < -0.4 is 10.6 Å². The summed E-state index contributed by atoms with van der Waals surface area (Å²) < 4.78 is 0. The molecule has 2 aromatic carbocycles. The van der Waals surface area contributed by atoms with Gasteiger partial charge in [-0.3, -0.25) is 9.78 Å². The molecule has 6 nitrogen and oxygen atoms in total. The number of nitrogens with zero attached hydrogens (tertiary/aromatic N) is 3. The number of nitrogens with two attached hydrogens (primary N) is 1. The summed E-state index contributed by atoms with van der Waals surface area (Å²) >= 11 is 0. The minimum Gasteiger partial charge on any atom is -0.366 e. The number of anilines is 1. The van der Waals surface area contributed by atoms with Crippen molar-refractivity contribution in [1.82, 2.24) is 14.9 Å². The summed E-state index contributed by atoms with van der Waals surface area (Å²) in [7, 11) is 2.14. The average Bonchev–Trinajstić information content (AvgIpc) is 3.34. The Bertz CT molecular complexity index is 1350. The molecule has 5 rings (SSSR count). The van der Waals surface area contributed by atoms with E-state index in [4.69, 9.17) is 5.73 Å². The molecule has 3 N–H and O–H groups in total. The number of aromatic amines is 1. The lowest BCUT2D eigenvalue weighted by Gasteiger charge is -2.34. The zero-order chi connectivity index (χ0) is 24.2. The number of amides is 1. The van der Waals surface area contributed by atoms with Crippen molar-refractivity contribution in [2.45, 2.75) is 0 Å². The minimum atomic E-state index is -0.426. The Hall–Kier alpha value is -4.16. The standard InChI is InChI=1S/C29H29N5O/c1-33-15-17-34(18-16-33)29-26(24-9-5-6-10-25(24)28(30)35)20-27(32-29)22-13-14-31-23(19-22)12-11-21-7-3-2-4-8-21/h2-14,19-20,32H,15-18H2,1H3,(H2,30,35)/b12-11+. The average molecular weight is 464 g/mol. The number of nitrogens with one attached hydrogen (secondary N) is 1. The third kappa shape index (κ3) is 5.03. The summed E-state index contributed by atoms with van der Waals surface area (Å²) in [6.45, 7) is 3.77. The van der Waals surface area contributed by atoms with Gasteiger partial charge in [-0.1, -0.05) is 54.6 Å². The third-order valence-corrected chi connectivity index (χ3v) is 6.44. The molecule has 0 saturated carbocycles. The molecule has 2 aromatic heterocycles. The number of benzene rings is 2. The van der Waals surface area contributed by atoms with Crippen LogP contribution in [0.3, 0.4) is 0 Å². The first-order valence-electron chi connectivity index (χ1n) is 11.8. The number of hydrogen-bond donors (Lipinski definition) is 2. The van der Waals surface area contributed by atoms with Crippen LogP contribution in [0.15, 0.2) is 79.0 Å². The highest BCUT2D eigenvalue weighted by Gasteiger charge is 2.23. The Kier molecular flexibility index (Phi) is 6.46. The van der Waals surface area contributed by atoms with Crippen molar-refractivity contribution < 1.29 is 4.79 Å². The fourth-order valence-corrected chi connectivity index (χ4v) is 4.47. The van der Waals surface area contributed by atoms with Gasteiger partial charge in [0.25, 0.3) is 0 Å². The van der Waals surface area contributed by atoms with E-state index in [1.54, 1.807) is 6.07 Å². The zero-order valence-corrected chi connectivity index (χ0v) is 19.8. The Morgan fingerprint density at radius 2 is 1.66 bits per heavy atom. The van der Waals surface area contributed by atoms with Gasteiger partial charge in [-0.15, -0.1) is 0 Å². The molecule has 35 heavy (non-hydrogen) atoms. The number of H-pyrrole nitrogens is 1. The van der Waals surface area contributed by atoms with E-state index in [0.717, 1.165) is 65.6 Å². The molecule has 0 spiro atoms. The largest absolute Gasteiger partial charge is 0.366 e. The molecule has 1 amide bonds. The maximum atomic E-state index is 12.2. The summed E-state index contributed by atoms with van der Waals surface area (Å²) in [4.78, 5) is 25.1. The Balaban J connectivity index is 1.55. The molecule has 0 radical (unpaired) electrons. The van der Waals surface area contributed by atoms with Crippen LogP contribution in [-0.4, -0.2) is 54.0 Å². The molecule has 176 valence electrons. The molecule has 4 aromatic rings. The molecule has 0 atom stereocenters. The van der Waals surface area contributed by atoms with E-state index >= 15 is 0 Å². The first-order chi connectivity index (χ1) is 17.1. The van der Waals surface area contributed by atoms with E-state index in [9.17, 15) is 4.79 Å². The molecular formula is C29H29N5O. The number of likely N-dealkylation sites (N-methyl/N-ethyl adjacent to an activating group) is 1. The lowest BCUT2D eigenvalue weighted by atomic mass is 9.99. The van der Waals surface area contributed by atoms with Gasteiger partial charge in [0.2, 0.25) is 5.91 Å². The SMILES string of the molecule is CN1CCN(c2[nH]c(-c3ccnc(/C=C/c4ccccc4)c3)cc2-c2ccccc2C(N)=O)CC1. The Morgan fingerprint density at radius 3 is 2.43 bits per heavy atom. The van der Waals surface area contributed by atoms with Crippen molar-refractivity contribution in [2.24, 2.45) is 5.73 Å². The van der Waals surface area contributed by atoms with Crippen LogP contribution in [0.5, 0.6) is 0 Å². The Labute approximate surface area is 205 Å². The Morgan fingerprint density at radius 1 is 0.914 bits per heavy atom. The second kappa shape index (κ2) is 9.99. The predicted molar refractivity (Wildman–Crippen MR) is 143 cm³/mol. The van der Waals surface area contributed by atoms with E-state index in [1.165, 1.54) is 0 Å². The van der Waals surface area contributed by atoms with Crippen molar-refractivity contribution in [1.29, 1.82) is 0 Å². The summed E-state index contributed by atoms with van der Waals surface area (Å²) in [5, 5.41) is 0. The van der Waals surface area contributed by atoms with Gasteiger partial charge in [0.1, 0.15) is 5.82 Å². The van der Waals surface area contributed by atoms with Gasteiger partial charge in [0, 0.05) is 54.8 Å². The van der Waals surface area contributed by atoms with Gasteiger partial charge in [0.05, 0.1) is 5.69 Å². The maximum absolute atomic E-state index is 12.2. The number of pyridine rings is 1. The quantitative estimate of drug-likeness (QED) is 0.432. The molecule has 3 heterocycles. The third-order valence-electron chi connectivity index (χ3n) is 6.44. The molecule has 0 bridgehead atoms. The van der Waals surface area contributed by atoms with Crippen LogP contribution in [0, 0.1) is 0 Å². The summed E-state index contributed by atoms with van der Waals surface area (Å²) in [5.41, 5.74) is 12.1. The van der Waals surface area contributed by atoms with E-state index in [0.29, 0.717) is 5.56 Å². The van der Waals surface area contributed by atoms with Crippen molar-refractivity contribution >= 4 is 23.9 Å². The second-order valence-corrected chi connectivity index (χ2v) is 8.86. The number of carbonyl (C=O) groups is 1. The normalized spacial score (nSPS) is 14.5. The molecule has 0 unspecified atom stereocenters. The van der Waals surface area contributed by atoms with Crippen LogP contribution in [0.1, 0.15) is 21.6 Å². The van der Waals surface area contributed by atoms with Crippen LogP contribution in [0.4, 0.5) is 5.82 Å². The highest BCUT2D eigenvalue weighted by atomic mass is 16.1. The molecule has 0 aliphatic carbocycles. The lowest BCUT2D eigenvalue weighted by Crippen LogP contribution is -2.44. The first-order valence-corrected chi connectivity index (χ1v) is 11.8. The molecule has 6 heteroatoms. The number of hydrogen-bond acceptors (Lipinski definition) is 4. The van der Waals surface area contributed by atoms with Crippen LogP contribution in [0.25, 0.3) is 34.5 Å². The molecule has 1 aliphatic rings. The number of primary amides is 1. The first kappa shape index (κ1) is 22.6. The van der Waals surface area contributed by atoms with E-state index < -0.39 is 5.91 Å². The molecule has 1 aliphatic heterocycles. The van der Waals surface area contributed by atoms with Crippen LogP contribution in [-0.2, 0) is 0 Å². The van der Waals surface area contributed by atoms with Gasteiger partial charge < -0.3 is 20.5 Å². The van der Waals surface area contributed by atoms with Crippen molar-refractivity contribution in [2.75, 3.05) is 38.1 Å². The monoisotopic (exact) mass is 463 g/mol. The minimum absolute atomic E-state index is 0.426. The van der Waals surface area contributed by atoms with Crippen molar-refractivity contribution in [3.63, 3.8) is 0 Å². The molecular weight excluding hydrogens is 434 g/mol. The highest BCUT2D eigenvalue weighted by Crippen LogP contribution is 2.37. The van der Waals surface area contributed by atoms with Crippen LogP contribution >= 0.6 is 0 Å². The van der Waals surface area contributed by atoms with Gasteiger partial charge in [0.15, 0.2) is 0 Å². The van der Waals surface area contributed by atoms with Crippen LogP contribution in [0.2, 0.25) is 0 Å². The fraction of sp³-hybridized carbons (Fsp3) is 0.172. The zero-order valence-electron chi connectivity index (χ0n) is 19.8. The summed E-state index contributed by atoms with van der Waals surface area (Å²) in [6.07, 6.45) is 5.91. The van der Waals surface area contributed by atoms with Crippen molar-refractivity contribution in [3.05, 3.63) is 95.8 Å². The van der Waals surface area contributed by atoms with E-state index in [2.05, 4.69) is 57.2 Å². The van der Waals surface area contributed by atoms with E-state index in [1.807, 2.05) is 54.7 Å². The second-order valence-electron chi connectivity index (χ2n) is 8.86. The lowest BCUT2D eigenvalue weighted by molar-refractivity contribution is 0.100. The van der Waals surface area contributed by atoms with E-state index in [-0.39, 0.29) is 0 Å². The maximum Gasteiger partial charge on any atom is 0.249 e. The number of piperazine rings is 1. The number of carbonyl (C=O) groups excluding carboxylic acids is 1. The number of aromatic nitrogens is 2. The smallest absolute Gasteiger partial charge is 0.249 e. The van der Waals surface area contributed by atoms with Gasteiger partial charge in [-0.2, -0.15) is 0 Å².